The SMILES string of the molecule is C=CCOC(=O)N[C@@H](CO[C@@H]1OC[C@@H](OC(C)=O)[C@H](OC(C)=O)[C@H]1OC(C)=O)C(=O)OCCOCCOC. The minimum Gasteiger partial charge on any atom is -0.462 e. The predicted octanol–water partition coefficient (Wildman–Crippen LogP) is -0.359. The molecule has 0 aromatic rings. The minimum absolute atomic E-state index is 0.0749. The van der Waals surface area contributed by atoms with Gasteiger partial charge >= 0.3 is 30.0 Å². The van der Waals surface area contributed by atoms with Crippen molar-refractivity contribution in [3.63, 3.8) is 0 Å². The lowest BCUT2D eigenvalue weighted by Gasteiger charge is -2.40. The summed E-state index contributed by atoms with van der Waals surface area (Å²) in [7, 11) is 1.51. The molecular formula is C23H35NO14. The van der Waals surface area contributed by atoms with E-state index < -0.39 is 67.2 Å². The molecule has 0 aromatic carbocycles. The summed E-state index contributed by atoms with van der Waals surface area (Å²) in [6, 6.07) is -1.38. The first-order chi connectivity index (χ1) is 18.1. The number of amides is 1. The van der Waals surface area contributed by atoms with Crippen molar-refractivity contribution in [3.8, 4) is 0 Å². The third-order valence-corrected chi connectivity index (χ3v) is 4.54. The quantitative estimate of drug-likeness (QED) is 0.114. The fourth-order valence-corrected chi connectivity index (χ4v) is 3.08. The van der Waals surface area contributed by atoms with E-state index in [0.29, 0.717) is 13.2 Å². The summed E-state index contributed by atoms with van der Waals surface area (Å²) < 4.78 is 46.8. The van der Waals surface area contributed by atoms with E-state index in [-0.39, 0.29) is 26.4 Å². The topological polar surface area (TPSA) is 180 Å². The van der Waals surface area contributed by atoms with Gasteiger partial charge in [0.2, 0.25) is 0 Å². The van der Waals surface area contributed by atoms with Crippen LogP contribution in [0, 0.1) is 0 Å². The number of hydrogen-bond acceptors (Lipinski definition) is 14. The Morgan fingerprint density at radius 2 is 1.55 bits per heavy atom. The van der Waals surface area contributed by atoms with Crippen LogP contribution in [0.5, 0.6) is 0 Å². The molecule has 1 aliphatic heterocycles. The highest BCUT2D eigenvalue weighted by Gasteiger charge is 2.48. The lowest BCUT2D eigenvalue weighted by atomic mass is 10.0. The Balaban J connectivity index is 2.96. The molecule has 0 unspecified atom stereocenters. The number of rotatable bonds is 16. The minimum atomic E-state index is -1.38. The number of ether oxygens (including phenoxy) is 9. The number of alkyl carbamates (subject to hydrolysis) is 1. The van der Waals surface area contributed by atoms with Crippen molar-refractivity contribution >= 4 is 30.0 Å². The maximum absolute atomic E-state index is 12.6. The fourth-order valence-electron chi connectivity index (χ4n) is 3.08. The van der Waals surface area contributed by atoms with Gasteiger partial charge < -0.3 is 47.9 Å². The second kappa shape index (κ2) is 18.1. The first-order valence-electron chi connectivity index (χ1n) is 11.6. The van der Waals surface area contributed by atoms with Crippen LogP contribution < -0.4 is 5.32 Å². The van der Waals surface area contributed by atoms with E-state index in [2.05, 4.69) is 11.9 Å². The third-order valence-electron chi connectivity index (χ3n) is 4.54. The van der Waals surface area contributed by atoms with Crippen molar-refractivity contribution in [1.82, 2.24) is 5.32 Å². The number of nitrogens with one attached hydrogen (secondary N) is 1. The molecule has 1 rings (SSSR count). The van der Waals surface area contributed by atoms with Gasteiger partial charge in [-0.1, -0.05) is 12.7 Å². The van der Waals surface area contributed by atoms with Crippen molar-refractivity contribution in [3.05, 3.63) is 12.7 Å². The van der Waals surface area contributed by atoms with Crippen molar-refractivity contribution < 1.29 is 66.6 Å². The van der Waals surface area contributed by atoms with E-state index in [4.69, 9.17) is 42.6 Å². The number of carbonyl (C=O) groups excluding carboxylic acids is 5. The summed E-state index contributed by atoms with van der Waals surface area (Å²) in [6.07, 6.45) is -4.78. The second-order valence-electron chi connectivity index (χ2n) is 7.69. The molecule has 0 saturated carbocycles. The molecule has 216 valence electrons. The zero-order chi connectivity index (χ0) is 28.5. The number of carbonyl (C=O) groups is 5. The van der Waals surface area contributed by atoms with Gasteiger partial charge in [-0.15, -0.1) is 0 Å². The molecule has 1 heterocycles. The molecule has 15 heteroatoms. The van der Waals surface area contributed by atoms with Gasteiger partial charge in [-0.2, -0.15) is 0 Å². The zero-order valence-corrected chi connectivity index (χ0v) is 21.8. The molecule has 0 radical (unpaired) electrons. The van der Waals surface area contributed by atoms with Crippen molar-refractivity contribution in [2.75, 3.05) is 53.4 Å². The van der Waals surface area contributed by atoms with Crippen LogP contribution in [0.25, 0.3) is 0 Å². The number of hydrogen-bond donors (Lipinski definition) is 1. The third kappa shape index (κ3) is 12.8. The van der Waals surface area contributed by atoms with Gasteiger partial charge in [0, 0.05) is 27.9 Å². The summed E-state index contributed by atoms with van der Waals surface area (Å²) in [5.41, 5.74) is 0. The first kappa shape index (κ1) is 32.8. The summed E-state index contributed by atoms with van der Waals surface area (Å²) in [4.78, 5) is 59.6. The molecule has 0 spiro atoms. The average molecular weight is 550 g/mol. The maximum Gasteiger partial charge on any atom is 0.408 e. The Bertz CT molecular complexity index is 803. The van der Waals surface area contributed by atoms with Crippen molar-refractivity contribution in [2.24, 2.45) is 0 Å². The maximum atomic E-state index is 12.6. The van der Waals surface area contributed by atoms with Crippen LogP contribution >= 0.6 is 0 Å². The predicted molar refractivity (Wildman–Crippen MR) is 124 cm³/mol. The van der Waals surface area contributed by atoms with Gasteiger partial charge in [-0.25, -0.2) is 9.59 Å². The Morgan fingerprint density at radius 1 is 0.921 bits per heavy atom. The van der Waals surface area contributed by atoms with E-state index in [9.17, 15) is 24.0 Å². The lowest BCUT2D eigenvalue weighted by molar-refractivity contribution is -0.281. The highest BCUT2D eigenvalue weighted by Crippen LogP contribution is 2.25. The van der Waals surface area contributed by atoms with Gasteiger partial charge in [-0.3, -0.25) is 14.4 Å². The molecule has 0 bridgehead atoms. The Hall–Kier alpha value is -3.27. The van der Waals surface area contributed by atoms with E-state index in [1.165, 1.54) is 13.2 Å². The summed E-state index contributed by atoms with van der Waals surface area (Å²) in [6.45, 7) is 6.45. The number of methoxy groups -OCH3 is 1. The van der Waals surface area contributed by atoms with Crippen LogP contribution in [-0.4, -0.2) is 114 Å². The van der Waals surface area contributed by atoms with Crippen molar-refractivity contribution in [2.45, 2.75) is 51.4 Å². The molecule has 5 atom stereocenters. The highest BCUT2D eigenvalue weighted by molar-refractivity contribution is 5.81. The normalized spacial score (nSPS) is 21.4. The summed E-state index contributed by atoms with van der Waals surface area (Å²) in [5.74, 6) is -3.09. The molecule has 1 amide bonds. The summed E-state index contributed by atoms with van der Waals surface area (Å²) in [5, 5.41) is 2.30. The highest BCUT2D eigenvalue weighted by atomic mass is 16.7. The average Bonchev–Trinajstić information content (AvgIpc) is 2.84. The van der Waals surface area contributed by atoms with Gasteiger partial charge in [0.25, 0.3) is 0 Å². The zero-order valence-electron chi connectivity index (χ0n) is 21.8. The van der Waals surface area contributed by atoms with E-state index >= 15 is 0 Å². The van der Waals surface area contributed by atoms with Gasteiger partial charge in [0.1, 0.15) is 13.2 Å². The molecule has 0 aromatic heterocycles. The fraction of sp³-hybridized carbons (Fsp3) is 0.696. The first-order valence-corrected chi connectivity index (χ1v) is 11.6. The molecule has 1 fully saturated rings. The monoisotopic (exact) mass is 549 g/mol. The number of esters is 4. The largest absolute Gasteiger partial charge is 0.462 e. The molecule has 1 aliphatic rings. The van der Waals surface area contributed by atoms with Crippen LogP contribution in [0.2, 0.25) is 0 Å². The van der Waals surface area contributed by atoms with Crippen molar-refractivity contribution in [1.29, 1.82) is 0 Å². The van der Waals surface area contributed by atoms with Gasteiger partial charge in [0.05, 0.1) is 33.0 Å². The van der Waals surface area contributed by atoms with E-state index in [0.717, 1.165) is 20.8 Å². The summed E-state index contributed by atoms with van der Waals surface area (Å²) >= 11 is 0. The van der Waals surface area contributed by atoms with Gasteiger partial charge in [0.15, 0.2) is 30.6 Å². The van der Waals surface area contributed by atoms with Crippen LogP contribution in [0.15, 0.2) is 12.7 Å². The van der Waals surface area contributed by atoms with Crippen LogP contribution in [0.3, 0.4) is 0 Å². The van der Waals surface area contributed by atoms with E-state index in [1.54, 1.807) is 0 Å². The van der Waals surface area contributed by atoms with Crippen LogP contribution in [0.1, 0.15) is 20.8 Å². The Kier molecular flexibility index (Phi) is 15.6. The second-order valence-corrected chi connectivity index (χ2v) is 7.69. The van der Waals surface area contributed by atoms with Crippen LogP contribution in [-0.2, 0) is 61.8 Å². The molecule has 1 saturated heterocycles. The van der Waals surface area contributed by atoms with Crippen LogP contribution in [0.4, 0.5) is 4.79 Å². The molecular weight excluding hydrogens is 514 g/mol. The molecule has 15 nitrogen and oxygen atoms in total. The molecule has 1 N–H and O–H groups in total. The van der Waals surface area contributed by atoms with Gasteiger partial charge in [-0.05, 0) is 0 Å². The molecule has 38 heavy (non-hydrogen) atoms. The Morgan fingerprint density at radius 3 is 2.16 bits per heavy atom. The standard InChI is InChI=1S/C23H35NO14/c1-6-7-33-23(29)24-17(21(28)32-11-10-31-9-8-30-5)12-34-22-20(38-16(4)27)19(37-15(3)26)18(13-35-22)36-14(2)25/h6,17-20,22H,1,7-13H2,2-5H3,(H,24,29)/t17-,18+,19-,20+,22+/m0/s1. The van der Waals surface area contributed by atoms with E-state index in [1.807, 2.05) is 0 Å². The Labute approximate surface area is 219 Å². The smallest absolute Gasteiger partial charge is 0.408 e. The molecule has 0 aliphatic carbocycles. The lowest BCUT2D eigenvalue weighted by Crippen LogP contribution is -2.59.